The molecule has 0 spiro atoms. The number of urea groups is 1. The maximum atomic E-state index is 13.6. The van der Waals surface area contributed by atoms with Crippen molar-refractivity contribution in [3.8, 4) is 5.75 Å². The molecule has 1 heterocycles. The van der Waals surface area contributed by atoms with Crippen LogP contribution in [0.5, 0.6) is 5.75 Å². The van der Waals surface area contributed by atoms with Crippen LogP contribution in [0.15, 0.2) is 66.7 Å². The van der Waals surface area contributed by atoms with Gasteiger partial charge in [0.2, 0.25) is 0 Å². The lowest BCUT2D eigenvalue weighted by molar-refractivity contribution is 0.162. The summed E-state index contributed by atoms with van der Waals surface area (Å²) in [6.07, 6.45) is 5.70. The van der Waals surface area contributed by atoms with Crippen LogP contribution >= 0.6 is 0 Å². The summed E-state index contributed by atoms with van der Waals surface area (Å²) in [7, 11) is 1.63. The van der Waals surface area contributed by atoms with Crippen molar-refractivity contribution in [2.24, 2.45) is 0 Å². The smallest absolute Gasteiger partial charge is 0.322 e. The Morgan fingerprint density at radius 1 is 0.971 bits per heavy atom. The Morgan fingerprint density at radius 2 is 1.71 bits per heavy atom. The van der Waals surface area contributed by atoms with Crippen LogP contribution in [0.2, 0.25) is 0 Å². The molecule has 4 aromatic rings. The van der Waals surface area contributed by atoms with Gasteiger partial charge in [-0.15, -0.1) is 0 Å². The van der Waals surface area contributed by atoms with Gasteiger partial charge in [0.1, 0.15) is 5.75 Å². The summed E-state index contributed by atoms with van der Waals surface area (Å²) >= 11 is 0. The first kappa shape index (κ1) is 22.3. The maximum Gasteiger partial charge on any atom is 0.322 e. The van der Waals surface area contributed by atoms with E-state index in [0.29, 0.717) is 18.0 Å². The van der Waals surface area contributed by atoms with E-state index >= 15 is 0 Å². The molecule has 1 saturated carbocycles. The number of ether oxygens (including phenoxy) is 1. The van der Waals surface area contributed by atoms with Gasteiger partial charge in [0, 0.05) is 40.9 Å². The summed E-state index contributed by atoms with van der Waals surface area (Å²) in [6, 6.07) is 23.0. The highest BCUT2D eigenvalue weighted by atomic mass is 16.5. The number of anilines is 1. The second kappa shape index (κ2) is 9.80. The van der Waals surface area contributed by atoms with E-state index in [9.17, 15) is 4.79 Å². The third kappa shape index (κ3) is 4.23. The maximum absolute atomic E-state index is 13.6. The van der Waals surface area contributed by atoms with Gasteiger partial charge in [-0.3, -0.25) is 0 Å². The fourth-order valence-corrected chi connectivity index (χ4v) is 5.43. The number of benzene rings is 3. The number of methoxy groups -OCH3 is 1. The first-order valence-corrected chi connectivity index (χ1v) is 12.4. The van der Waals surface area contributed by atoms with Crippen molar-refractivity contribution in [1.29, 1.82) is 0 Å². The van der Waals surface area contributed by atoms with Gasteiger partial charge >= 0.3 is 6.03 Å². The zero-order valence-electron chi connectivity index (χ0n) is 20.1. The number of aryl methyl sites for hydroxylation is 1. The minimum atomic E-state index is -0.0625. The third-order valence-electron chi connectivity index (χ3n) is 7.13. The molecule has 1 aliphatic rings. The number of aromatic nitrogens is 1. The largest absolute Gasteiger partial charge is 0.495 e. The molecule has 0 saturated heterocycles. The standard InChI is InChI=1S/C29H33N3O2/c1-3-31-26-15-9-7-13-23(26)24-19-21(17-18-27(24)31)20-32(22-11-5-4-6-12-22)29(33)30-25-14-8-10-16-28(25)34-2/h7-10,13-19,22H,3-6,11-12,20H2,1-2H3,(H,30,33). The minimum absolute atomic E-state index is 0.0625. The highest BCUT2D eigenvalue weighted by molar-refractivity contribution is 6.08. The normalized spacial score (nSPS) is 14.4. The topological polar surface area (TPSA) is 46.5 Å². The molecule has 5 nitrogen and oxygen atoms in total. The van der Waals surface area contributed by atoms with E-state index in [1.54, 1.807) is 7.11 Å². The number of nitrogens with one attached hydrogen (secondary N) is 1. The Labute approximate surface area is 201 Å². The van der Waals surface area contributed by atoms with Crippen molar-refractivity contribution >= 4 is 33.5 Å². The number of carbonyl (C=O) groups excluding carboxylic acids is 1. The number of carbonyl (C=O) groups is 1. The van der Waals surface area contributed by atoms with Gasteiger partial charge in [-0.2, -0.15) is 0 Å². The third-order valence-corrected chi connectivity index (χ3v) is 7.13. The molecule has 5 rings (SSSR count). The summed E-state index contributed by atoms with van der Waals surface area (Å²) in [4.78, 5) is 15.6. The Balaban J connectivity index is 1.48. The van der Waals surface area contributed by atoms with Gasteiger partial charge in [0.15, 0.2) is 0 Å². The second-order valence-electron chi connectivity index (χ2n) is 9.16. The molecule has 0 unspecified atom stereocenters. The summed E-state index contributed by atoms with van der Waals surface area (Å²) < 4.78 is 7.82. The van der Waals surface area contributed by atoms with Crippen LogP contribution in [0.1, 0.15) is 44.6 Å². The molecule has 0 bridgehead atoms. The molecule has 0 aliphatic heterocycles. The zero-order valence-corrected chi connectivity index (χ0v) is 20.1. The lowest BCUT2D eigenvalue weighted by Gasteiger charge is -2.34. The SMILES string of the molecule is CCn1c2ccccc2c2cc(CN(C(=O)Nc3ccccc3OC)C3CCCCC3)ccc21. The molecule has 34 heavy (non-hydrogen) atoms. The summed E-state index contributed by atoms with van der Waals surface area (Å²) in [6.45, 7) is 3.71. The molecule has 3 aromatic carbocycles. The summed E-state index contributed by atoms with van der Waals surface area (Å²) in [5, 5.41) is 5.64. The Bertz CT molecular complexity index is 1300. The quantitative estimate of drug-likeness (QED) is 0.334. The van der Waals surface area contributed by atoms with E-state index in [0.717, 1.165) is 24.9 Å². The number of nitrogens with zero attached hydrogens (tertiary/aromatic N) is 2. The van der Waals surface area contributed by atoms with Crippen molar-refractivity contribution in [2.45, 2.75) is 58.2 Å². The van der Waals surface area contributed by atoms with E-state index in [-0.39, 0.29) is 12.1 Å². The van der Waals surface area contributed by atoms with Crippen LogP contribution in [-0.4, -0.2) is 28.6 Å². The molecule has 1 aromatic heterocycles. The number of hydrogen-bond acceptors (Lipinski definition) is 2. The highest BCUT2D eigenvalue weighted by Crippen LogP contribution is 2.32. The average Bonchev–Trinajstić information content (AvgIpc) is 3.21. The highest BCUT2D eigenvalue weighted by Gasteiger charge is 2.26. The molecular formula is C29H33N3O2. The van der Waals surface area contributed by atoms with Crippen molar-refractivity contribution in [2.75, 3.05) is 12.4 Å². The van der Waals surface area contributed by atoms with E-state index in [4.69, 9.17) is 4.74 Å². The molecule has 0 atom stereocenters. The summed E-state index contributed by atoms with van der Waals surface area (Å²) in [5.74, 6) is 0.674. The molecule has 1 fully saturated rings. The lowest BCUT2D eigenvalue weighted by Crippen LogP contribution is -2.43. The predicted molar refractivity (Wildman–Crippen MR) is 140 cm³/mol. The molecule has 0 radical (unpaired) electrons. The van der Waals surface area contributed by atoms with Gasteiger partial charge < -0.3 is 19.5 Å². The van der Waals surface area contributed by atoms with Crippen molar-refractivity contribution in [3.63, 3.8) is 0 Å². The average molecular weight is 456 g/mol. The van der Waals surface area contributed by atoms with E-state index in [1.807, 2.05) is 29.2 Å². The number of amides is 2. The number of fused-ring (bicyclic) bond motifs is 3. The van der Waals surface area contributed by atoms with E-state index in [2.05, 4.69) is 59.3 Å². The fourth-order valence-electron chi connectivity index (χ4n) is 5.43. The van der Waals surface area contributed by atoms with Crippen LogP contribution in [-0.2, 0) is 13.1 Å². The van der Waals surface area contributed by atoms with Gasteiger partial charge in [-0.05, 0) is 55.7 Å². The van der Waals surface area contributed by atoms with Crippen LogP contribution in [0.4, 0.5) is 10.5 Å². The van der Waals surface area contributed by atoms with Crippen molar-refractivity contribution in [3.05, 3.63) is 72.3 Å². The predicted octanol–water partition coefficient (Wildman–Crippen LogP) is 7.19. The van der Waals surface area contributed by atoms with Crippen LogP contribution < -0.4 is 10.1 Å². The van der Waals surface area contributed by atoms with E-state index < -0.39 is 0 Å². The van der Waals surface area contributed by atoms with Crippen molar-refractivity contribution in [1.82, 2.24) is 9.47 Å². The molecule has 1 N–H and O–H groups in total. The number of para-hydroxylation sites is 3. The number of hydrogen-bond donors (Lipinski definition) is 1. The first-order chi connectivity index (χ1) is 16.7. The monoisotopic (exact) mass is 455 g/mol. The molecular weight excluding hydrogens is 422 g/mol. The van der Waals surface area contributed by atoms with Crippen molar-refractivity contribution < 1.29 is 9.53 Å². The minimum Gasteiger partial charge on any atom is -0.495 e. The van der Waals surface area contributed by atoms with Crippen LogP contribution in [0.25, 0.3) is 21.8 Å². The molecule has 5 heteroatoms. The summed E-state index contributed by atoms with van der Waals surface area (Å²) in [5.41, 5.74) is 4.37. The van der Waals surface area contributed by atoms with Gasteiger partial charge in [-0.1, -0.05) is 55.7 Å². The zero-order chi connectivity index (χ0) is 23.5. The lowest BCUT2D eigenvalue weighted by atomic mass is 9.94. The van der Waals surface area contributed by atoms with Gasteiger partial charge in [0.05, 0.1) is 12.8 Å². The van der Waals surface area contributed by atoms with Gasteiger partial charge in [0.25, 0.3) is 0 Å². The van der Waals surface area contributed by atoms with E-state index in [1.165, 1.54) is 41.1 Å². The Morgan fingerprint density at radius 3 is 2.50 bits per heavy atom. The Kier molecular flexibility index (Phi) is 6.43. The van der Waals surface area contributed by atoms with Crippen LogP contribution in [0.3, 0.4) is 0 Å². The first-order valence-electron chi connectivity index (χ1n) is 12.4. The second-order valence-corrected chi connectivity index (χ2v) is 9.16. The van der Waals surface area contributed by atoms with Crippen LogP contribution in [0, 0.1) is 0 Å². The molecule has 1 aliphatic carbocycles. The Hall–Kier alpha value is -3.47. The number of rotatable bonds is 6. The fraction of sp³-hybridized carbons (Fsp3) is 0.345. The molecule has 176 valence electrons. The van der Waals surface area contributed by atoms with Gasteiger partial charge in [-0.25, -0.2) is 4.79 Å². The molecule has 2 amide bonds.